The molecule has 1 nitrogen and oxygen atoms in total. The van der Waals surface area contributed by atoms with Crippen LogP contribution in [0.3, 0.4) is 0 Å². The Hall–Kier alpha value is -0.630. The monoisotopic (exact) mass is 384 g/mol. The lowest BCUT2D eigenvalue weighted by Crippen LogP contribution is -2.57. The number of rotatable bonds is 2. The zero-order valence-electron chi connectivity index (χ0n) is 17.2. The lowest BCUT2D eigenvalue weighted by Gasteiger charge is -2.61. The highest BCUT2D eigenvalue weighted by Gasteiger charge is 2.60. The van der Waals surface area contributed by atoms with Gasteiger partial charge in [-0.3, -0.25) is 4.21 Å². The topological polar surface area (TPSA) is 17.1 Å². The van der Waals surface area contributed by atoms with Crippen molar-refractivity contribution in [2.24, 2.45) is 34.5 Å². The summed E-state index contributed by atoms with van der Waals surface area (Å²) >= 11 is 0. The van der Waals surface area contributed by atoms with Gasteiger partial charge in [0.25, 0.3) is 0 Å². The van der Waals surface area contributed by atoms with Crippen LogP contribution >= 0.6 is 0 Å². The normalized spacial score (nSPS) is 47.6. The lowest BCUT2D eigenvalue weighted by molar-refractivity contribution is -0.100. The summed E-state index contributed by atoms with van der Waals surface area (Å²) in [6.45, 7) is 5.19. The van der Waals surface area contributed by atoms with Crippen LogP contribution in [0.1, 0.15) is 78.1 Å². The molecular weight excluding hydrogens is 348 g/mol. The lowest BCUT2D eigenvalue weighted by atomic mass is 9.45. The number of hydrogen-bond acceptors (Lipinski definition) is 1. The molecule has 0 spiro atoms. The van der Waals surface area contributed by atoms with E-state index in [4.69, 9.17) is 0 Å². The predicted molar refractivity (Wildman–Crippen MR) is 113 cm³/mol. The summed E-state index contributed by atoms with van der Waals surface area (Å²) in [5.41, 5.74) is 1.01. The van der Waals surface area contributed by atoms with E-state index in [1.807, 2.05) is 6.07 Å². The van der Waals surface area contributed by atoms with Gasteiger partial charge in [-0.1, -0.05) is 51.3 Å². The molecule has 4 fully saturated rings. The molecule has 0 aromatic heterocycles. The highest BCUT2D eigenvalue weighted by Crippen LogP contribution is 2.66. The van der Waals surface area contributed by atoms with E-state index < -0.39 is 10.8 Å². The second-order valence-corrected chi connectivity index (χ2v) is 12.4. The second kappa shape index (κ2) is 6.71. The van der Waals surface area contributed by atoms with Crippen LogP contribution in [0.5, 0.6) is 0 Å². The molecule has 0 aliphatic heterocycles. The van der Waals surface area contributed by atoms with Crippen molar-refractivity contribution in [2.45, 2.75) is 88.2 Å². The van der Waals surface area contributed by atoms with E-state index in [2.05, 4.69) is 38.1 Å². The molecule has 1 aromatic carbocycles. The van der Waals surface area contributed by atoms with Gasteiger partial charge >= 0.3 is 0 Å². The molecule has 0 saturated heterocycles. The van der Waals surface area contributed by atoms with Gasteiger partial charge in [-0.2, -0.15) is 0 Å². The van der Waals surface area contributed by atoms with Crippen LogP contribution in [0.15, 0.2) is 35.2 Å². The van der Waals surface area contributed by atoms with Crippen LogP contribution in [0, 0.1) is 34.5 Å². The van der Waals surface area contributed by atoms with Gasteiger partial charge in [0.2, 0.25) is 0 Å². The van der Waals surface area contributed by atoms with Crippen LogP contribution in [-0.2, 0) is 10.8 Å². The maximum Gasteiger partial charge on any atom is 0.0563 e. The van der Waals surface area contributed by atoms with Gasteiger partial charge in [0.1, 0.15) is 0 Å². The van der Waals surface area contributed by atoms with Crippen molar-refractivity contribution in [2.75, 3.05) is 0 Å². The summed E-state index contributed by atoms with van der Waals surface area (Å²) in [5.74, 6) is 3.27. The minimum absolute atomic E-state index is 0.377. The molecule has 1 aromatic rings. The molecule has 0 heterocycles. The SMILES string of the molecule is C[C@@]12CCC[C@H]1[C@@H]1C[C@@H](S(=O)c3ccccc3)[C@H]3CCCC[C@]3(C)[C@H]1CC2. The molecule has 27 heavy (non-hydrogen) atoms. The third-order valence-corrected chi connectivity index (χ3v) is 11.4. The Balaban J connectivity index is 1.53. The highest BCUT2D eigenvalue weighted by atomic mass is 32.2. The Morgan fingerprint density at radius 2 is 1.63 bits per heavy atom. The highest BCUT2D eigenvalue weighted by molar-refractivity contribution is 7.85. The Kier molecular flexibility index (Phi) is 4.58. The van der Waals surface area contributed by atoms with Crippen molar-refractivity contribution in [3.8, 4) is 0 Å². The second-order valence-electron chi connectivity index (χ2n) is 10.7. The maximum atomic E-state index is 13.8. The Morgan fingerprint density at radius 1 is 0.852 bits per heavy atom. The average molecular weight is 385 g/mol. The standard InChI is InChI=1S/C25H36OS/c1-24-14-8-12-20(24)19-17-23(27(26)18-9-4-3-5-10-18)22-11-6-7-15-25(22,2)21(19)13-16-24/h3-5,9-10,19-23H,6-8,11-17H2,1-2H3/t19-,20-,21-,22+,23+,24-,25+,27?/m0/s1. The zero-order valence-corrected chi connectivity index (χ0v) is 18.0. The molecule has 0 bridgehead atoms. The van der Waals surface area contributed by atoms with E-state index in [9.17, 15) is 4.21 Å². The number of benzene rings is 1. The third kappa shape index (κ3) is 2.80. The molecule has 5 rings (SSSR count). The van der Waals surface area contributed by atoms with Gasteiger partial charge in [-0.05, 0) is 91.6 Å². The first-order valence-corrected chi connectivity index (χ1v) is 12.7. The largest absolute Gasteiger partial charge is 0.254 e. The molecule has 148 valence electrons. The minimum atomic E-state index is -0.851. The van der Waals surface area contributed by atoms with Crippen LogP contribution in [0.2, 0.25) is 0 Å². The van der Waals surface area contributed by atoms with Crippen molar-refractivity contribution in [3.63, 3.8) is 0 Å². The summed E-state index contributed by atoms with van der Waals surface area (Å²) in [6, 6.07) is 10.4. The first-order valence-electron chi connectivity index (χ1n) is 11.5. The van der Waals surface area contributed by atoms with Gasteiger partial charge in [0, 0.05) is 10.1 Å². The minimum Gasteiger partial charge on any atom is -0.254 e. The van der Waals surface area contributed by atoms with Crippen LogP contribution < -0.4 is 0 Å². The van der Waals surface area contributed by atoms with Crippen molar-refractivity contribution in [1.82, 2.24) is 0 Å². The van der Waals surface area contributed by atoms with Crippen LogP contribution in [0.25, 0.3) is 0 Å². The molecule has 4 aliphatic rings. The zero-order chi connectivity index (χ0) is 18.6. The van der Waals surface area contributed by atoms with E-state index in [1.54, 1.807) is 0 Å². The Bertz CT molecular complexity index is 714. The van der Waals surface area contributed by atoms with E-state index >= 15 is 0 Å². The van der Waals surface area contributed by atoms with Gasteiger partial charge in [0.15, 0.2) is 0 Å². The average Bonchev–Trinajstić information content (AvgIpc) is 3.09. The number of fused-ring (bicyclic) bond motifs is 5. The summed E-state index contributed by atoms with van der Waals surface area (Å²) < 4.78 is 13.8. The first-order chi connectivity index (χ1) is 13.0. The molecule has 0 N–H and O–H groups in total. The van der Waals surface area contributed by atoms with E-state index in [-0.39, 0.29) is 0 Å². The van der Waals surface area contributed by atoms with Gasteiger partial charge in [-0.15, -0.1) is 0 Å². The fraction of sp³-hybridized carbons (Fsp3) is 0.760. The van der Waals surface area contributed by atoms with Gasteiger partial charge < -0.3 is 0 Å². The van der Waals surface area contributed by atoms with Crippen molar-refractivity contribution in [1.29, 1.82) is 0 Å². The summed E-state index contributed by atoms with van der Waals surface area (Å²) in [6.07, 6.45) is 13.9. The summed E-state index contributed by atoms with van der Waals surface area (Å²) in [5, 5.41) is 0.377. The fourth-order valence-electron chi connectivity index (χ4n) is 8.28. The summed E-state index contributed by atoms with van der Waals surface area (Å²) in [4.78, 5) is 1.07. The maximum absolute atomic E-state index is 13.8. The Morgan fingerprint density at radius 3 is 2.44 bits per heavy atom. The molecule has 8 atom stereocenters. The van der Waals surface area contributed by atoms with E-state index in [1.165, 1.54) is 64.2 Å². The number of hydrogen-bond donors (Lipinski definition) is 0. The van der Waals surface area contributed by atoms with Crippen molar-refractivity contribution < 1.29 is 4.21 Å². The van der Waals surface area contributed by atoms with Crippen molar-refractivity contribution in [3.05, 3.63) is 30.3 Å². The first kappa shape index (κ1) is 18.4. The molecule has 1 unspecified atom stereocenters. The van der Waals surface area contributed by atoms with Crippen LogP contribution in [0.4, 0.5) is 0 Å². The Labute approximate surface area is 168 Å². The van der Waals surface area contributed by atoms with E-state index in [0.29, 0.717) is 22.0 Å². The molecule has 0 amide bonds. The third-order valence-electron chi connectivity index (χ3n) is 9.60. The molecule has 4 saturated carbocycles. The quantitative estimate of drug-likeness (QED) is 0.561. The van der Waals surface area contributed by atoms with Crippen LogP contribution in [-0.4, -0.2) is 9.46 Å². The molecule has 0 radical (unpaired) electrons. The van der Waals surface area contributed by atoms with E-state index in [0.717, 1.165) is 22.6 Å². The fourth-order valence-corrected chi connectivity index (χ4v) is 10.2. The summed E-state index contributed by atoms with van der Waals surface area (Å²) in [7, 11) is -0.851. The molecule has 2 heteroatoms. The smallest absolute Gasteiger partial charge is 0.0563 e. The van der Waals surface area contributed by atoms with Gasteiger partial charge in [-0.25, -0.2) is 0 Å². The van der Waals surface area contributed by atoms with Crippen molar-refractivity contribution >= 4 is 10.8 Å². The molecule has 4 aliphatic carbocycles. The molecular formula is C25H36OS. The van der Waals surface area contributed by atoms with Gasteiger partial charge in [0.05, 0.1) is 10.8 Å². The predicted octanol–water partition coefficient (Wildman–Crippen LogP) is 6.60.